The van der Waals surface area contributed by atoms with Crippen molar-refractivity contribution in [1.29, 1.82) is 0 Å². The molecular formula is C12H14ClN3O2. The van der Waals surface area contributed by atoms with E-state index in [1.54, 1.807) is 14.2 Å². The number of methoxy groups -OCH3 is 2. The SMILES string of the molecule is COc1cc(C)c(-c2nc(N)[nH]c2Cl)cc1OC. The van der Waals surface area contributed by atoms with Gasteiger partial charge in [-0.2, -0.15) is 0 Å². The van der Waals surface area contributed by atoms with Gasteiger partial charge in [0.15, 0.2) is 17.4 Å². The minimum Gasteiger partial charge on any atom is -0.493 e. The molecule has 2 rings (SSSR count). The van der Waals surface area contributed by atoms with Crippen molar-refractivity contribution in [3.8, 4) is 22.8 Å². The molecule has 0 saturated carbocycles. The van der Waals surface area contributed by atoms with Crippen LogP contribution >= 0.6 is 11.6 Å². The maximum atomic E-state index is 6.05. The molecule has 6 heteroatoms. The van der Waals surface area contributed by atoms with Crippen LogP contribution < -0.4 is 15.2 Å². The highest BCUT2D eigenvalue weighted by atomic mass is 35.5. The molecular weight excluding hydrogens is 254 g/mol. The van der Waals surface area contributed by atoms with Gasteiger partial charge in [-0.15, -0.1) is 0 Å². The van der Waals surface area contributed by atoms with E-state index < -0.39 is 0 Å². The molecule has 0 unspecified atom stereocenters. The molecule has 0 amide bonds. The number of hydrogen-bond donors (Lipinski definition) is 2. The van der Waals surface area contributed by atoms with Crippen LogP contribution in [0.15, 0.2) is 12.1 Å². The second-order valence-electron chi connectivity index (χ2n) is 3.81. The highest BCUT2D eigenvalue weighted by Gasteiger charge is 2.15. The van der Waals surface area contributed by atoms with E-state index in [2.05, 4.69) is 9.97 Å². The molecule has 1 aromatic carbocycles. The third kappa shape index (κ3) is 2.09. The molecule has 0 aliphatic rings. The Bertz CT molecular complexity index is 581. The summed E-state index contributed by atoms with van der Waals surface area (Å²) in [5.41, 5.74) is 8.02. The van der Waals surface area contributed by atoms with Gasteiger partial charge in [0.05, 0.1) is 14.2 Å². The zero-order chi connectivity index (χ0) is 13.3. The molecule has 0 radical (unpaired) electrons. The molecule has 5 nitrogen and oxygen atoms in total. The lowest BCUT2D eigenvalue weighted by molar-refractivity contribution is 0.355. The van der Waals surface area contributed by atoms with Crippen molar-refractivity contribution >= 4 is 17.5 Å². The lowest BCUT2D eigenvalue weighted by Gasteiger charge is -2.11. The van der Waals surface area contributed by atoms with Crippen LogP contribution in [-0.4, -0.2) is 24.2 Å². The number of ether oxygens (including phenoxy) is 2. The lowest BCUT2D eigenvalue weighted by atomic mass is 10.1. The molecule has 3 N–H and O–H groups in total. The number of nitrogens with two attached hydrogens (primary N) is 1. The van der Waals surface area contributed by atoms with E-state index in [1.807, 2.05) is 19.1 Å². The van der Waals surface area contributed by atoms with Gasteiger partial charge in [-0.05, 0) is 24.6 Å². The monoisotopic (exact) mass is 267 g/mol. The summed E-state index contributed by atoms with van der Waals surface area (Å²) >= 11 is 6.05. The summed E-state index contributed by atoms with van der Waals surface area (Å²) in [6.07, 6.45) is 0. The van der Waals surface area contributed by atoms with Gasteiger partial charge in [0.25, 0.3) is 0 Å². The minimum absolute atomic E-state index is 0.282. The normalized spacial score (nSPS) is 10.4. The maximum absolute atomic E-state index is 6.05. The van der Waals surface area contributed by atoms with Gasteiger partial charge in [-0.3, -0.25) is 0 Å². The average Bonchev–Trinajstić information content (AvgIpc) is 2.68. The zero-order valence-electron chi connectivity index (χ0n) is 10.4. The van der Waals surface area contributed by atoms with E-state index in [4.69, 9.17) is 26.8 Å². The highest BCUT2D eigenvalue weighted by Crippen LogP contribution is 2.37. The Balaban J connectivity index is 2.61. The number of nitrogen functional groups attached to an aromatic ring is 1. The first kappa shape index (κ1) is 12.6. The van der Waals surface area contributed by atoms with E-state index in [9.17, 15) is 0 Å². The van der Waals surface area contributed by atoms with Gasteiger partial charge < -0.3 is 20.2 Å². The van der Waals surface area contributed by atoms with Crippen molar-refractivity contribution in [2.24, 2.45) is 0 Å². The van der Waals surface area contributed by atoms with E-state index in [-0.39, 0.29) is 5.95 Å². The van der Waals surface area contributed by atoms with Crippen LogP contribution in [0, 0.1) is 6.92 Å². The summed E-state index contributed by atoms with van der Waals surface area (Å²) in [6.45, 7) is 1.94. The molecule has 0 spiro atoms. The molecule has 96 valence electrons. The summed E-state index contributed by atoms with van der Waals surface area (Å²) < 4.78 is 10.5. The number of rotatable bonds is 3. The van der Waals surface area contributed by atoms with E-state index >= 15 is 0 Å². The second kappa shape index (κ2) is 4.78. The van der Waals surface area contributed by atoms with E-state index in [1.165, 1.54) is 0 Å². The van der Waals surface area contributed by atoms with Crippen molar-refractivity contribution in [2.75, 3.05) is 20.0 Å². The van der Waals surface area contributed by atoms with Crippen molar-refractivity contribution in [1.82, 2.24) is 9.97 Å². The fourth-order valence-electron chi connectivity index (χ4n) is 1.78. The standard InChI is InChI=1S/C12H14ClN3O2/c1-6-4-8(17-2)9(18-3)5-7(6)10-11(13)16-12(14)15-10/h4-5H,1-3H3,(H3,14,15,16). The number of halogens is 1. The molecule has 1 heterocycles. The zero-order valence-corrected chi connectivity index (χ0v) is 11.1. The number of aromatic amines is 1. The van der Waals surface area contributed by atoms with Crippen molar-refractivity contribution in [3.63, 3.8) is 0 Å². The van der Waals surface area contributed by atoms with Crippen LogP contribution in [-0.2, 0) is 0 Å². The summed E-state index contributed by atoms with van der Waals surface area (Å²) in [7, 11) is 3.17. The molecule has 2 aromatic rings. The third-order valence-electron chi connectivity index (χ3n) is 2.66. The summed E-state index contributed by atoms with van der Waals surface area (Å²) in [6, 6.07) is 3.70. The lowest BCUT2D eigenvalue weighted by Crippen LogP contribution is -1.94. The number of H-pyrrole nitrogens is 1. The summed E-state index contributed by atoms with van der Waals surface area (Å²) in [5, 5.41) is 0.405. The molecule has 0 fully saturated rings. The number of aromatic nitrogens is 2. The largest absolute Gasteiger partial charge is 0.493 e. The van der Waals surface area contributed by atoms with Gasteiger partial charge in [-0.1, -0.05) is 11.6 Å². The van der Waals surface area contributed by atoms with Gasteiger partial charge in [0, 0.05) is 5.56 Å². The van der Waals surface area contributed by atoms with Crippen molar-refractivity contribution in [3.05, 3.63) is 22.8 Å². The molecule has 0 aliphatic carbocycles. The predicted molar refractivity (Wildman–Crippen MR) is 71.3 cm³/mol. The number of nitrogens with zero attached hydrogens (tertiary/aromatic N) is 1. The average molecular weight is 268 g/mol. The maximum Gasteiger partial charge on any atom is 0.199 e. The smallest absolute Gasteiger partial charge is 0.199 e. The topological polar surface area (TPSA) is 73.2 Å². The molecule has 1 aromatic heterocycles. The van der Waals surface area contributed by atoms with Gasteiger partial charge in [-0.25, -0.2) is 4.98 Å². The first-order valence-electron chi connectivity index (χ1n) is 5.30. The first-order chi connectivity index (χ1) is 8.56. The minimum atomic E-state index is 0.282. The second-order valence-corrected chi connectivity index (χ2v) is 4.18. The van der Waals surface area contributed by atoms with E-state index in [0.29, 0.717) is 22.3 Å². The van der Waals surface area contributed by atoms with E-state index in [0.717, 1.165) is 11.1 Å². The fraction of sp³-hybridized carbons (Fsp3) is 0.250. The Hall–Kier alpha value is -1.88. The number of aryl methyl sites for hydroxylation is 1. The third-order valence-corrected chi connectivity index (χ3v) is 2.94. The number of imidazole rings is 1. The Kier molecular flexibility index (Phi) is 3.34. The van der Waals surface area contributed by atoms with Crippen molar-refractivity contribution < 1.29 is 9.47 Å². The van der Waals surface area contributed by atoms with Gasteiger partial charge in [0.2, 0.25) is 0 Å². The predicted octanol–water partition coefficient (Wildman–Crippen LogP) is 2.64. The Morgan fingerprint density at radius 2 is 1.83 bits per heavy atom. The van der Waals surface area contributed by atoms with Crippen LogP contribution in [0.2, 0.25) is 5.15 Å². The number of hydrogen-bond acceptors (Lipinski definition) is 4. The summed E-state index contributed by atoms with van der Waals surface area (Å²) in [4.78, 5) is 6.93. The van der Waals surface area contributed by atoms with Gasteiger partial charge in [0.1, 0.15) is 10.8 Å². The fourth-order valence-corrected chi connectivity index (χ4v) is 2.02. The Morgan fingerprint density at radius 3 is 2.33 bits per heavy atom. The molecule has 0 bridgehead atoms. The van der Waals surface area contributed by atoms with Crippen molar-refractivity contribution in [2.45, 2.75) is 6.92 Å². The Labute approximate surface area is 110 Å². The first-order valence-corrected chi connectivity index (χ1v) is 5.68. The molecule has 18 heavy (non-hydrogen) atoms. The van der Waals surface area contributed by atoms with Crippen LogP contribution in [0.3, 0.4) is 0 Å². The quantitative estimate of drug-likeness (QED) is 0.897. The van der Waals surface area contributed by atoms with Crippen LogP contribution in [0.4, 0.5) is 5.95 Å². The van der Waals surface area contributed by atoms with Crippen LogP contribution in [0.5, 0.6) is 11.5 Å². The molecule has 0 saturated heterocycles. The molecule has 0 aliphatic heterocycles. The summed E-state index contributed by atoms with van der Waals surface area (Å²) in [5.74, 6) is 1.57. The number of benzene rings is 1. The van der Waals surface area contributed by atoms with Crippen LogP contribution in [0.1, 0.15) is 5.56 Å². The number of nitrogens with one attached hydrogen (secondary N) is 1. The molecule has 0 atom stereocenters. The highest BCUT2D eigenvalue weighted by molar-refractivity contribution is 6.32. The van der Waals surface area contributed by atoms with Gasteiger partial charge >= 0.3 is 0 Å². The number of anilines is 1. The van der Waals surface area contributed by atoms with Crippen LogP contribution in [0.25, 0.3) is 11.3 Å². The Morgan fingerprint density at radius 1 is 1.22 bits per heavy atom.